The molecule has 3 saturated carbocycles. The molecular formula is C26H35N3O. The number of fused-ring (bicyclic) bond motifs is 5. The monoisotopic (exact) mass is 405 g/mol. The standard InChI is InChI=1S/C26H35N3O/c1-16-14-20-18-6-7-22-25(3,11-9-23(30)29(22)5)19(18)8-10-26(20,4)24(16)17(2)21-15-27-12-13-28-21/h9,11-13,15-16,18-20,22H,6-8,10,14H2,1-5H3/b24-17+/t16?,18-,19+,20+,22-,25-,26+/m1/s1. The summed E-state index contributed by atoms with van der Waals surface area (Å²) in [4.78, 5) is 23.3. The molecule has 5 rings (SSSR count). The van der Waals surface area contributed by atoms with Gasteiger partial charge in [0.15, 0.2) is 0 Å². The van der Waals surface area contributed by atoms with E-state index in [9.17, 15) is 4.79 Å². The number of likely N-dealkylation sites (N-methyl/N-ethyl adjacent to an activating group) is 1. The summed E-state index contributed by atoms with van der Waals surface area (Å²) in [6, 6.07) is 0.357. The van der Waals surface area contributed by atoms with Crippen molar-refractivity contribution in [1.82, 2.24) is 14.9 Å². The van der Waals surface area contributed by atoms with Crippen molar-refractivity contribution >= 4 is 11.5 Å². The largest absolute Gasteiger partial charge is 0.338 e. The Hall–Kier alpha value is -1.97. The van der Waals surface area contributed by atoms with E-state index in [1.165, 1.54) is 31.3 Å². The van der Waals surface area contributed by atoms with Crippen LogP contribution in [0.3, 0.4) is 0 Å². The zero-order valence-electron chi connectivity index (χ0n) is 19.1. The van der Waals surface area contributed by atoms with Gasteiger partial charge in [0.25, 0.3) is 0 Å². The van der Waals surface area contributed by atoms with Crippen LogP contribution in [-0.4, -0.2) is 33.9 Å². The van der Waals surface area contributed by atoms with Gasteiger partial charge in [-0.05, 0) is 79.8 Å². The number of nitrogens with zero attached hydrogens (tertiary/aromatic N) is 3. The number of rotatable bonds is 1. The number of hydrogen-bond donors (Lipinski definition) is 0. The SMILES string of the molecule is C/C(=C1/C(C)C[C@H]2[C@@H]3CC[C@H]4N(C)C(=O)C=C[C@]4(C)[C@H]3CC[C@]12C)c1cnccn1. The Bertz CT molecular complexity index is 921. The lowest BCUT2D eigenvalue weighted by molar-refractivity contribution is -0.137. The van der Waals surface area contributed by atoms with E-state index >= 15 is 0 Å². The molecule has 0 N–H and O–H groups in total. The fourth-order valence-electron chi connectivity index (χ4n) is 8.32. The van der Waals surface area contributed by atoms with Crippen LogP contribution in [0, 0.1) is 34.5 Å². The number of allylic oxidation sites excluding steroid dienone is 2. The minimum absolute atomic E-state index is 0.114. The highest BCUT2D eigenvalue weighted by Gasteiger charge is 2.60. The molecule has 4 aliphatic rings. The van der Waals surface area contributed by atoms with E-state index in [4.69, 9.17) is 0 Å². The molecular weight excluding hydrogens is 370 g/mol. The molecule has 1 amide bonds. The molecule has 3 fully saturated rings. The van der Waals surface area contributed by atoms with E-state index in [1.54, 1.807) is 11.8 Å². The highest BCUT2D eigenvalue weighted by molar-refractivity contribution is 5.89. The van der Waals surface area contributed by atoms with Crippen LogP contribution >= 0.6 is 0 Å². The predicted molar refractivity (Wildman–Crippen MR) is 119 cm³/mol. The maximum absolute atomic E-state index is 12.3. The number of carbonyl (C=O) groups is 1. The quantitative estimate of drug-likeness (QED) is 0.650. The van der Waals surface area contributed by atoms with Crippen molar-refractivity contribution in [3.8, 4) is 0 Å². The Morgan fingerprint density at radius 3 is 2.70 bits per heavy atom. The van der Waals surface area contributed by atoms with Crippen molar-refractivity contribution < 1.29 is 4.79 Å². The van der Waals surface area contributed by atoms with E-state index in [1.807, 2.05) is 30.4 Å². The molecule has 0 saturated heterocycles. The molecule has 1 aromatic rings. The third-order valence-corrected chi connectivity index (χ3v) is 9.58. The molecule has 2 heterocycles. The zero-order valence-corrected chi connectivity index (χ0v) is 19.1. The van der Waals surface area contributed by atoms with Crippen molar-refractivity contribution in [3.05, 3.63) is 42.0 Å². The summed E-state index contributed by atoms with van der Waals surface area (Å²) in [5.41, 5.74) is 4.38. The smallest absolute Gasteiger partial charge is 0.246 e. The van der Waals surface area contributed by atoms with Crippen LogP contribution in [0.4, 0.5) is 0 Å². The highest BCUT2D eigenvalue weighted by Crippen LogP contribution is 2.67. The van der Waals surface area contributed by atoms with Gasteiger partial charge in [-0.25, -0.2) is 0 Å². The Labute approximate surface area is 180 Å². The van der Waals surface area contributed by atoms with Crippen LogP contribution in [0.15, 0.2) is 36.3 Å². The third kappa shape index (κ3) is 2.61. The lowest BCUT2D eigenvalue weighted by atomic mass is 9.48. The number of amides is 1. The predicted octanol–water partition coefficient (Wildman–Crippen LogP) is 5.14. The number of hydrogen-bond acceptors (Lipinski definition) is 3. The van der Waals surface area contributed by atoms with Gasteiger partial charge in [0.05, 0.1) is 11.9 Å². The molecule has 1 aromatic heterocycles. The van der Waals surface area contributed by atoms with E-state index in [-0.39, 0.29) is 16.7 Å². The summed E-state index contributed by atoms with van der Waals surface area (Å²) in [6.07, 6.45) is 15.8. The van der Waals surface area contributed by atoms with Gasteiger partial charge in [0.1, 0.15) is 0 Å². The molecule has 3 aliphatic carbocycles. The van der Waals surface area contributed by atoms with Crippen molar-refractivity contribution in [1.29, 1.82) is 0 Å². The van der Waals surface area contributed by atoms with Crippen molar-refractivity contribution in [2.45, 2.75) is 65.8 Å². The van der Waals surface area contributed by atoms with Crippen molar-refractivity contribution in [2.75, 3.05) is 7.05 Å². The van der Waals surface area contributed by atoms with Gasteiger partial charge in [0, 0.05) is 30.9 Å². The van der Waals surface area contributed by atoms with Gasteiger partial charge in [-0.1, -0.05) is 32.4 Å². The molecule has 160 valence electrons. The van der Waals surface area contributed by atoms with Gasteiger partial charge in [-0.15, -0.1) is 0 Å². The van der Waals surface area contributed by atoms with Gasteiger partial charge in [0.2, 0.25) is 5.91 Å². The molecule has 0 bridgehead atoms. The lowest BCUT2D eigenvalue weighted by Gasteiger charge is -2.59. The van der Waals surface area contributed by atoms with Gasteiger partial charge >= 0.3 is 0 Å². The van der Waals surface area contributed by atoms with Crippen LogP contribution in [0.5, 0.6) is 0 Å². The van der Waals surface area contributed by atoms with Gasteiger partial charge < -0.3 is 4.90 Å². The summed E-state index contributed by atoms with van der Waals surface area (Å²) in [7, 11) is 2.00. The second-order valence-electron chi connectivity index (χ2n) is 10.8. The second-order valence-corrected chi connectivity index (χ2v) is 10.8. The first-order chi connectivity index (χ1) is 14.3. The van der Waals surface area contributed by atoms with E-state index in [0.717, 1.165) is 24.0 Å². The van der Waals surface area contributed by atoms with Gasteiger partial charge in [-0.2, -0.15) is 0 Å². The van der Waals surface area contributed by atoms with Crippen LogP contribution in [-0.2, 0) is 4.79 Å². The fraction of sp³-hybridized carbons (Fsp3) is 0.654. The Kier molecular flexibility index (Phi) is 4.50. The zero-order chi connectivity index (χ0) is 21.3. The first kappa shape index (κ1) is 20.0. The maximum Gasteiger partial charge on any atom is 0.246 e. The second kappa shape index (κ2) is 6.77. The van der Waals surface area contributed by atoms with Crippen LogP contribution < -0.4 is 0 Å². The minimum atomic E-state index is 0.114. The summed E-state index contributed by atoms with van der Waals surface area (Å²) in [6.45, 7) is 9.65. The Balaban J connectivity index is 1.53. The normalized spacial score (nSPS) is 44.4. The topological polar surface area (TPSA) is 46.1 Å². The first-order valence-corrected chi connectivity index (χ1v) is 11.7. The maximum atomic E-state index is 12.3. The average Bonchev–Trinajstić information content (AvgIpc) is 3.01. The van der Waals surface area contributed by atoms with Crippen LogP contribution in [0.1, 0.15) is 65.5 Å². The number of aromatic nitrogens is 2. The molecule has 0 radical (unpaired) electrons. The van der Waals surface area contributed by atoms with Gasteiger partial charge in [-0.3, -0.25) is 14.8 Å². The minimum Gasteiger partial charge on any atom is -0.338 e. The molecule has 1 aliphatic heterocycles. The highest BCUT2D eigenvalue weighted by atomic mass is 16.2. The summed E-state index contributed by atoms with van der Waals surface area (Å²) in [5.74, 6) is 2.91. The molecule has 7 atom stereocenters. The van der Waals surface area contributed by atoms with E-state index in [2.05, 4.69) is 43.7 Å². The first-order valence-electron chi connectivity index (χ1n) is 11.7. The fourth-order valence-corrected chi connectivity index (χ4v) is 8.32. The Morgan fingerprint density at radius 1 is 1.17 bits per heavy atom. The molecule has 30 heavy (non-hydrogen) atoms. The van der Waals surface area contributed by atoms with Crippen molar-refractivity contribution in [3.63, 3.8) is 0 Å². The van der Waals surface area contributed by atoms with Crippen molar-refractivity contribution in [2.24, 2.45) is 34.5 Å². The summed E-state index contributed by atoms with van der Waals surface area (Å²) in [5, 5.41) is 0. The molecule has 0 aromatic carbocycles. The lowest BCUT2D eigenvalue weighted by Crippen LogP contribution is -2.59. The molecule has 4 nitrogen and oxygen atoms in total. The molecule has 0 spiro atoms. The molecule has 1 unspecified atom stereocenters. The Morgan fingerprint density at radius 2 is 1.97 bits per heavy atom. The number of carbonyl (C=O) groups excluding carboxylic acids is 1. The third-order valence-electron chi connectivity index (χ3n) is 9.58. The van der Waals surface area contributed by atoms with E-state index < -0.39 is 0 Å². The summed E-state index contributed by atoms with van der Waals surface area (Å²) >= 11 is 0. The summed E-state index contributed by atoms with van der Waals surface area (Å²) < 4.78 is 0. The van der Waals surface area contributed by atoms with E-state index in [0.29, 0.717) is 17.9 Å². The average molecular weight is 406 g/mol. The van der Waals surface area contributed by atoms with Crippen LogP contribution in [0.2, 0.25) is 0 Å². The molecule has 4 heteroatoms. The van der Waals surface area contributed by atoms with Crippen LogP contribution in [0.25, 0.3) is 5.57 Å².